The van der Waals surface area contributed by atoms with E-state index < -0.39 is 0 Å². The summed E-state index contributed by atoms with van der Waals surface area (Å²) in [5.41, 5.74) is 4.57. The topological polar surface area (TPSA) is 38.3 Å². The third-order valence-corrected chi connectivity index (χ3v) is 3.90. The second-order valence-electron chi connectivity index (χ2n) is 7.36. The van der Waals surface area contributed by atoms with E-state index in [1.54, 1.807) is 0 Å². The summed E-state index contributed by atoms with van der Waals surface area (Å²) in [5, 5.41) is 3.38. The summed E-state index contributed by atoms with van der Waals surface area (Å²) in [6, 6.07) is 3.79. The molecule has 120 valence electrons. The fraction of sp³-hybridized carbons (Fsp3) is 0.526. The Morgan fingerprint density at radius 2 is 1.95 bits per heavy atom. The second kappa shape index (κ2) is 6.15. The molecular formula is C19H27NO2. The molecule has 0 amide bonds. The van der Waals surface area contributed by atoms with Crippen LogP contribution in [0.25, 0.3) is 5.70 Å². The molecule has 1 aromatic rings. The smallest absolute Gasteiger partial charge is 0.338 e. The minimum atomic E-state index is -0.236. The first-order valence-corrected chi connectivity index (χ1v) is 7.93. The van der Waals surface area contributed by atoms with Gasteiger partial charge in [-0.2, -0.15) is 0 Å². The maximum absolute atomic E-state index is 12.2. The van der Waals surface area contributed by atoms with Gasteiger partial charge in [-0.1, -0.05) is 6.58 Å². The normalized spacial score (nSPS) is 14.6. The summed E-state index contributed by atoms with van der Waals surface area (Å²) in [4.78, 5) is 12.2. The van der Waals surface area contributed by atoms with Gasteiger partial charge < -0.3 is 10.1 Å². The van der Waals surface area contributed by atoms with Crippen LogP contribution in [-0.4, -0.2) is 18.1 Å². The van der Waals surface area contributed by atoms with E-state index in [1.807, 2.05) is 19.1 Å². The molecule has 1 N–H and O–H groups in total. The molecule has 0 radical (unpaired) electrons. The lowest BCUT2D eigenvalue weighted by Crippen LogP contribution is -2.34. The SMILES string of the molecule is C=C(NC(C)(C)C)c1cc(C(=O)OCC2CC2)cc(C)c1C. The molecule has 1 aliphatic rings. The van der Waals surface area contributed by atoms with Crippen LogP contribution in [0.15, 0.2) is 18.7 Å². The molecule has 0 aromatic heterocycles. The predicted molar refractivity (Wildman–Crippen MR) is 90.8 cm³/mol. The number of hydrogen-bond donors (Lipinski definition) is 1. The van der Waals surface area contributed by atoms with Crippen molar-refractivity contribution in [3.63, 3.8) is 0 Å². The van der Waals surface area contributed by atoms with Gasteiger partial charge >= 0.3 is 5.97 Å². The van der Waals surface area contributed by atoms with E-state index >= 15 is 0 Å². The maximum Gasteiger partial charge on any atom is 0.338 e. The van der Waals surface area contributed by atoms with Gasteiger partial charge in [-0.15, -0.1) is 0 Å². The number of nitrogens with one attached hydrogen (secondary N) is 1. The Kier molecular flexibility index (Phi) is 4.64. The number of hydrogen-bond acceptors (Lipinski definition) is 3. The van der Waals surface area contributed by atoms with E-state index in [9.17, 15) is 4.79 Å². The average molecular weight is 301 g/mol. The van der Waals surface area contributed by atoms with Crippen molar-refractivity contribution in [3.05, 3.63) is 41.0 Å². The minimum Gasteiger partial charge on any atom is -0.462 e. The van der Waals surface area contributed by atoms with Crippen molar-refractivity contribution in [2.24, 2.45) is 5.92 Å². The lowest BCUT2D eigenvalue weighted by atomic mass is 9.96. The molecule has 22 heavy (non-hydrogen) atoms. The number of carbonyl (C=O) groups excluding carboxylic acids is 1. The van der Waals surface area contributed by atoms with Crippen LogP contribution >= 0.6 is 0 Å². The summed E-state index contributed by atoms with van der Waals surface area (Å²) < 4.78 is 5.39. The van der Waals surface area contributed by atoms with Crippen molar-refractivity contribution in [3.8, 4) is 0 Å². The van der Waals surface area contributed by atoms with Crippen LogP contribution in [0.1, 0.15) is 60.7 Å². The van der Waals surface area contributed by atoms with Gasteiger partial charge in [0.15, 0.2) is 0 Å². The third-order valence-electron chi connectivity index (χ3n) is 3.90. The number of esters is 1. The molecule has 0 unspecified atom stereocenters. The summed E-state index contributed by atoms with van der Waals surface area (Å²) in [7, 11) is 0. The van der Waals surface area contributed by atoms with Gasteiger partial charge in [-0.05, 0) is 76.6 Å². The summed E-state index contributed by atoms with van der Waals surface area (Å²) in [5.74, 6) is 0.340. The molecular weight excluding hydrogens is 274 g/mol. The second-order valence-corrected chi connectivity index (χ2v) is 7.36. The fourth-order valence-corrected chi connectivity index (χ4v) is 2.37. The third kappa shape index (κ3) is 4.36. The molecule has 0 atom stereocenters. The number of carbonyl (C=O) groups is 1. The van der Waals surface area contributed by atoms with Gasteiger partial charge in [-0.25, -0.2) is 4.79 Å². The van der Waals surface area contributed by atoms with Crippen molar-refractivity contribution < 1.29 is 9.53 Å². The van der Waals surface area contributed by atoms with E-state index in [-0.39, 0.29) is 11.5 Å². The van der Waals surface area contributed by atoms with Gasteiger partial charge in [0, 0.05) is 16.8 Å². The Labute approximate surface area is 133 Å². The predicted octanol–water partition coefficient (Wildman–Crippen LogP) is 4.23. The molecule has 1 saturated carbocycles. The molecule has 2 rings (SSSR count). The quantitative estimate of drug-likeness (QED) is 0.827. The van der Waals surface area contributed by atoms with E-state index in [4.69, 9.17) is 4.74 Å². The van der Waals surface area contributed by atoms with Crippen LogP contribution in [0.5, 0.6) is 0 Å². The van der Waals surface area contributed by atoms with Crippen molar-refractivity contribution in [1.29, 1.82) is 0 Å². The van der Waals surface area contributed by atoms with Crippen LogP contribution in [-0.2, 0) is 4.74 Å². The van der Waals surface area contributed by atoms with E-state index in [0.29, 0.717) is 18.1 Å². The van der Waals surface area contributed by atoms with Crippen LogP contribution in [0.4, 0.5) is 0 Å². The molecule has 3 nitrogen and oxygen atoms in total. The van der Waals surface area contributed by atoms with Crippen LogP contribution in [0, 0.1) is 19.8 Å². The Morgan fingerprint density at radius 1 is 1.32 bits per heavy atom. The highest BCUT2D eigenvalue weighted by Gasteiger charge is 2.24. The first-order valence-electron chi connectivity index (χ1n) is 7.93. The standard InChI is InChI=1S/C19H27NO2/c1-12-9-16(18(21)22-11-15-7-8-15)10-17(13(12)2)14(3)20-19(4,5)6/h9-10,15,20H,3,7-8,11H2,1-2,4-6H3. The Balaban J connectivity index is 2.21. The highest BCUT2D eigenvalue weighted by Crippen LogP contribution is 2.29. The maximum atomic E-state index is 12.2. The zero-order chi connectivity index (χ0) is 16.5. The van der Waals surface area contributed by atoms with Gasteiger partial charge in [0.2, 0.25) is 0 Å². The van der Waals surface area contributed by atoms with Gasteiger partial charge in [0.25, 0.3) is 0 Å². The number of rotatable bonds is 5. The fourth-order valence-electron chi connectivity index (χ4n) is 2.37. The van der Waals surface area contributed by atoms with E-state index in [0.717, 1.165) is 22.4 Å². The molecule has 0 bridgehead atoms. The van der Waals surface area contributed by atoms with Crippen molar-refractivity contribution >= 4 is 11.7 Å². The van der Waals surface area contributed by atoms with E-state index in [2.05, 4.69) is 39.6 Å². The van der Waals surface area contributed by atoms with Gasteiger partial charge in [0.05, 0.1) is 12.2 Å². The minimum absolute atomic E-state index is 0.0695. The number of ether oxygens (including phenoxy) is 1. The highest BCUT2D eigenvalue weighted by atomic mass is 16.5. The monoisotopic (exact) mass is 301 g/mol. The van der Waals surface area contributed by atoms with Gasteiger partial charge in [0.1, 0.15) is 0 Å². The lowest BCUT2D eigenvalue weighted by Gasteiger charge is -2.25. The molecule has 0 heterocycles. The summed E-state index contributed by atoms with van der Waals surface area (Å²) in [6.45, 7) is 15.0. The zero-order valence-corrected chi connectivity index (χ0v) is 14.4. The van der Waals surface area contributed by atoms with E-state index in [1.165, 1.54) is 12.8 Å². The molecule has 0 saturated heterocycles. The van der Waals surface area contributed by atoms with Crippen LogP contribution in [0.3, 0.4) is 0 Å². The Morgan fingerprint density at radius 3 is 2.50 bits per heavy atom. The lowest BCUT2D eigenvalue weighted by molar-refractivity contribution is 0.0486. The Bertz CT molecular complexity index is 592. The molecule has 1 aromatic carbocycles. The van der Waals surface area contributed by atoms with Crippen molar-refractivity contribution in [2.45, 2.75) is 53.0 Å². The summed E-state index contributed by atoms with van der Waals surface area (Å²) in [6.07, 6.45) is 2.36. The number of benzene rings is 1. The van der Waals surface area contributed by atoms with Crippen molar-refractivity contribution in [1.82, 2.24) is 5.32 Å². The average Bonchev–Trinajstić information content (AvgIpc) is 3.20. The molecule has 0 aliphatic heterocycles. The van der Waals surface area contributed by atoms with Crippen LogP contribution in [0.2, 0.25) is 0 Å². The highest BCUT2D eigenvalue weighted by molar-refractivity contribution is 5.91. The molecule has 0 spiro atoms. The first-order chi connectivity index (χ1) is 10.2. The molecule has 1 aliphatic carbocycles. The van der Waals surface area contributed by atoms with Crippen molar-refractivity contribution in [2.75, 3.05) is 6.61 Å². The molecule has 3 heteroatoms. The number of aryl methyl sites for hydroxylation is 1. The van der Waals surface area contributed by atoms with Gasteiger partial charge in [-0.3, -0.25) is 0 Å². The Hall–Kier alpha value is -1.77. The van der Waals surface area contributed by atoms with Crippen LogP contribution < -0.4 is 5.32 Å². The molecule has 1 fully saturated rings. The zero-order valence-electron chi connectivity index (χ0n) is 14.4. The first kappa shape index (κ1) is 16.6. The summed E-state index contributed by atoms with van der Waals surface area (Å²) >= 11 is 0. The largest absolute Gasteiger partial charge is 0.462 e.